The molecular weight excluding hydrogens is 420 g/mol. The molecule has 4 rings (SSSR count). The Bertz CT molecular complexity index is 1090. The molecule has 0 unspecified atom stereocenters. The Morgan fingerprint density at radius 1 is 1.00 bits per heavy atom. The topological polar surface area (TPSA) is 44.5 Å². The van der Waals surface area contributed by atoms with Gasteiger partial charge in [0.15, 0.2) is 4.80 Å². The van der Waals surface area contributed by atoms with Gasteiger partial charge in [-0.05, 0) is 36.4 Å². The maximum absolute atomic E-state index is 13.4. The SMILES string of the molecule is N=c1sc2cc(OC(F)(F)F)ccc2n1CCN1CCN(c2cccc(F)c2)CC1. The minimum absolute atomic E-state index is 0.248. The van der Waals surface area contributed by atoms with Gasteiger partial charge >= 0.3 is 6.36 Å². The van der Waals surface area contributed by atoms with E-state index in [0.29, 0.717) is 11.2 Å². The Hall–Kier alpha value is -2.59. The number of nitrogens with zero attached hydrogens (tertiary/aromatic N) is 3. The molecule has 0 amide bonds. The molecule has 2 heterocycles. The van der Waals surface area contributed by atoms with Crippen LogP contribution in [0.25, 0.3) is 10.2 Å². The minimum Gasteiger partial charge on any atom is -0.406 e. The zero-order valence-corrected chi connectivity index (χ0v) is 16.8. The predicted octanol–water partition coefficient (Wildman–Crippen LogP) is 4.04. The molecule has 0 saturated carbocycles. The van der Waals surface area contributed by atoms with E-state index in [0.717, 1.165) is 55.3 Å². The molecule has 0 aliphatic carbocycles. The summed E-state index contributed by atoms with van der Waals surface area (Å²) >= 11 is 1.12. The molecule has 0 bridgehead atoms. The van der Waals surface area contributed by atoms with Gasteiger partial charge < -0.3 is 14.2 Å². The first-order valence-corrected chi connectivity index (χ1v) is 10.3. The fourth-order valence-corrected chi connectivity index (χ4v) is 4.60. The largest absolute Gasteiger partial charge is 0.573 e. The monoisotopic (exact) mass is 440 g/mol. The number of hydrogen-bond donors (Lipinski definition) is 1. The van der Waals surface area contributed by atoms with E-state index in [4.69, 9.17) is 5.41 Å². The Labute approximate surface area is 174 Å². The van der Waals surface area contributed by atoms with Crippen LogP contribution in [-0.4, -0.2) is 48.6 Å². The van der Waals surface area contributed by atoms with Crippen molar-refractivity contribution in [3.05, 3.63) is 53.1 Å². The highest BCUT2D eigenvalue weighted by molar-refractivity contribution is 7.16. The van der Waals surface area contributed by atoms with Crippen molar-refractivity contribution in [1.29, 1.82) is 5.41 Å². The van der Waals surface area contributed by atoms with E-state index in [2.05, 4.69) is 14.5 Å². The van der Waals surface area contributed by atoms with Crippen LogP contribution in [0.2, 0.25) is 0 Å². The van der Waals surface area contributed by atoms with E-state index >= 15 is 0 Å². The lowest BCUT2D eigenvalue weighted by Crippen LogP contribution is -2.47. The number of fused-ring (bicyclic) bond motifs is 1. The Balaban J connectivity index is 1.38. The van der Waals surface area contributed by atoms with Crippen LogP contribution in [0.1, 0.15) is 0 Å². The summed E-state index contributed by atoms with van der Waals surface area (Å²) in [5.41, 5.74) is 1.59. The zero-order valence-electron chi connectivity index (χ0n) is 16.0. The number of rotatable bonds is 5. The van der Waals surface area contributed by atoms with E-state index < -0.39 is 6.36 Å². The summed E-state index contributed by atoms with van der Waals surface area (Å²) in [6.45, 7) is 4.49. The fourth-order valence-electron chi connectivity index (χ4n) is 3.63. The second-order valence-electron chi connectivity index (χ2n) is 7.04. The number of halogens is 4. The standard InChI is InChI=1S/C20H20F4N4OS/c21-14-2-1-3-15(12-14)27-9-6-26(7-10-27)8-11-28-17-5-4-16(29-20(22,23)24)13-18(17)30-19(28)25/h1-5,12-13,25H,6-11H2. The van der Waals surface area contributed by atoms with E-state index in [-0.39, 0.29) is 16.4 Å². The fraction of sp³-hybridized carbons (Fsp3) is 0.350. The predicted molar refractivity (Wildman–Crippen MR) is 107 cm³/mol. The zero-order chi connectivity index (χ0) is 21.3. The molecule has 30 heavy (non-hydrogen) atoms. The van der Waals surface area contributed by atoms with Crippen molar-refractivity contribution >= 4 is 27.2 Å². The van der Waals surface area contributed by atoms with E-state index in [9.17, 15) is 17.6 Å². The maximum Gasteiger partial charge on any atom is 0.573 e. The molecule has 0 radical (unpaired) electrons. The molecule has 5 nitrogen and oxygen atoms in total. The van der Waals surface area contributed by atoms with Crippen LogP contribution >= 0.6 is 11.3 Å². The van der Waals surface area contributed by atoms with Gasteiger partial charge in [0.1, 0.15) is 11.6 Å². The summed E-state index contributed by atoms with van der Waals surface area (Å²) in [6, 6.07) is 10.7. The Morgan fingerprint density at radius 2 is 1.77 bits per heavy atom. The molecule has 1 aliphatic rings. The lowest BCUT2D eigenvalue weighted by molar-refractivity contribution is -0.274. The summed E-state index contributed by atoms with van der Waals surface area (Å²) in [7, 11) is 0. The molecule has 10 heteroatoms. The van der Waals surface area contributed by atoms with Crippen LogP contribution < -0.4 is 14.4 Å². The molecule has 1 saturated heterocycles. The summed E-state index contributed by atoms with van der Waals surface area (Å²) < 4.78 is 57.0. The van der Waals surface area contributed by atoms with E-state index in [1.807, 2.05) is 6.07 Å². The van der Waals surface area contributed by atoms with Crippen molar-refractivity contribution in [1.82, 2.24) is 9.47 Å². The van der Waals surface area contributed by atoms with Crippen LogP contribution in [0.5, 0.6) is 5.75 Å². The molecule has 1 fully saturated rings. The number of aromatic nitrogens is 1. The number of ether oxygens (including phenoxy) is 1. The van der Waals surface area contributed by atoms with Crippen LogP contribution in [0.4, 0.5) is 23.2 Å². The van der Waals surface area contributed by atoms with E-state index in [1.165, 1.54) is 24.3 Å². The van der Waals surface area contributed by atoms with Crippen LogP contribution in [0, 0.1) is 11.2 Å². The van der Waals surface area contributed by atoms with Gasteiger partial charge in [-0.1, -0.05) is 17.4 Å². The Kier molecular flexibility index (Phi) is 5.70. The van der Waals surface area contributed by atoms with Crippen molar-refractivity contribution in [2.24, 2.45) is 0 Å². The second-order valence-corrected chi connectivity index (χ2v) is 8.08. The van der Waals surface area contributed by atoms with Crippen molar-refractivity contribution in [2.75, 3.05) is 37.6 Å². The molecule has 3 aromatic rings. The van der Waals surface area contributed by atoms with Gasteiger partial charge in [-0.3, -0.25) is 10.3 Å². The lowest BCUT2D eigenvalue weighted by Gasteiger charge is -2.36. The molecule has 160 valence electrons. The first-order chi connectivity index (χ1) is 14.3. The van der Waals surface area contributed by atoms with Gasteiger partial charge in [0, 0.05) is 45.0 Å². The Morgan fingerprint density at radius 3 is 2.47 bits per heavy atom. The number of nitrogens with one attached hydrogen (secondary N) is 1. The normalized spacial score (nSPS) is 15.7. The van der Waals surface area contributed by atoms with Gasteiger partial charge in [-0.15, -0.1) is 13.2 Å². The van der Waals surface area contributed by atoms with Crippen molar-refractivity contribution in [3.63, 3.8) is 0 Å². The van der Waals surface area contributed by atoms with Gasteiger partial charge in [0.2, 0.25) is 0 Å². The van der Waals surface area contributed by atoms with Gasteiger partial charge in [0.25, 0.3) is 0 Å². The minimum atomic E-state index is -4.74. The van der Waals surface area contributed by atoms with Crippen LogP contribution in [0.15, 0.2) is 42.5 Å². The third-order valence-corrected chi connectivity index (χ3v) is 6.05. The summed E-state index contributed by atoms with van der Waals surface area (Å²) in [4.78, 5) is 4.70. The molecular formula is C20H20F4N4OS. The van der Waals surface area contributed by atoms with Crippen molar-refractivity contribution in [2.45, 2.75) is 12.9 Å². The lowest BCUT2D eigenvalue weighted by atomic mass is 10.2. The third-order valence-electron chi connectivity index (χ3n) is 5.09. The summed E-state index contributed by atoms with van der Waals surface area (Å²) in [6.07, 6.45) is -4.74. The highest BCUT2D eigenvalue weighted by Gasteiger charge is 2.31. The first-order valence-electron chi connectivity index (χ1n) is 9.45. The maximum atomic E-state index is 13.4. The summed E-state index contributed by atoms with van der Waals surface area (Å²) in [5, 5.41) is 8.19. The number of thiazole rings is 1. The van der Waals surface area contributed by atoms with Crippen molar-refractivity contribution in [3.8, 4) is 5.75 Å². The molecule has 0 atom stereocenters. The third kappa shape index (κ3) is 4.76. The summed E-state index contributed by atoms with van der Waals surface area (Å²) in [5.74, 6) is -0.528. The second kappa shape index (κ2) is 8.27. The molecule has 1 aliphatic heterocycles. The smallest absolute Gasteiger partial charge is 0.406 e. The number of piperazine rings is 1. The van der Waals surface area contributed by atoms with Gasteiger partial charge in [-0.25, -0.2) is 4.39 Å². The number of anilines is 1. The molecule has 1 N–H and O–H groups in total. The quantitative estimate of drug-likeness (QED) is 0.609. The first kappa shape index (κ1) is 20.7. The molecule has 2 aromatic carbocycles. The molecule has 1 aromatic heterocycles. The highest BCUT2D eigenvalue weighted by atomic mass is 32.1. The van der Waals surface area contributed by atoms with Crippen molar-refractivity contribution < 1.29 is 22.3 Å². The van der Waals surface area contributed by atoms with Crippen LogP contribution in [-0.2, 0) is 6.54 Å². The average molecular weight is 440 g/mol. The highest BCUT2D eigenvalue weighted by Crippen LogP contribution is 2.28. The average Bonchev–Trinajstić information content (AvgIpc) is 3.00. The van der Waals surface area contributed by atoms with Gasteiger partial charge in [0.05, 0.1) is 10.2 Å². The number of hydrogen-bond acceptors (Lipinski definition) is 5. The molecule has 0 spiro atoms. The van der Waals surface area contributed by atoms with Crippen LogP contribution in [0.3, 0.4) is 0 Å². The van der Waals surface area contributed by atoms with E-state index in [1.54, 1.807) is 16.7 Å². The number of alkyl halides is 3. The van der Waals surface area contributed by atoms with Gasteiger partial charge in [-0.2, -0.15) is 0 Å². The number of benzene rings is 2.